The molecule has 27 heteroatoms. The number of pyridine rings is 1. The molecule has 0 aliphatic carbocycles. The van der Waals surface area contributed by atoms with Gasteiger partial charge < -0.3 is 18.0 Å². The Bertz CT molecular complexity index is 3020. The zero-order valence-corrected chi connectivity index (χ0v) is 66.2. The molecule has 24 nitrogen and oxygen atoms in total. The summed E-state index contributed by atoms with van der Waals surface area (Å²) in [4.78, 5) is 34.1. The quantitative estimate of drug-likeness (QED) is 0.110. The number of hydrogen-bond donors (Lipinski definition) is 0. The number of aryl methyl sites for hydroxylation is 1. The van der Waals surface area contributed by atoms with Crippen LogP contribution in [0.15, 0.2) is 174 Å². The van der Waals surface area contributed by atoms with E-state index in [9.17, 15) is 0 Å². The summed E-state index contributed by atoms with van der Waals surface area (Å²) in [5.74, 6) is 7.58. The molecule has 0 bridgehead atoms. The molecule has 0 amide bonds. The van der Waals surface area contributed by atoms with Gasteiger partial charge in [0.2, 0.25) is 18.2 Å². The van der Waals surface area contributed by atoms with Crippen molar-refractivity contribution >= 4 is 34.4 Å². The number of nitrogens with zero attached hydrogens (tertiary/aromatic N) is 21. The predicted molar refractivity (Wildman–Crippen MR) is 405 cm³/mol. The summed E-state index contributed by atoms with van der Waals surface area (Å²) in [5.41, 5.74) is 6.87. The molecule has 0 spiro atoms. The third-order valence-corrected chi connectivity index (χ3v) is 16.1. The van der Waals surface area contributed by atoms with Crippen molar-refractivity contribution in [1.82, 2.24) is 103 Å². The fourth-order valence-corrected chi connectivity index (χ4v) is 8.41. The van der Waals surface area contributed by atoms with Crippen LogP contribution in [0.25, 0.3) is 0 Å². The Balaban J connectivity index is 0.000000546. The van der Waals surface area contributed by atoms with Gasteiger partial charge in [-0.25, -0.2) is 29.3 Å². The van der Waals surface area contributed by atoms with Crippen molar-refractivity contribution in [3.8, 4) is 0 Å². The van der Waals surface area contributed by atoms with E-state index in [-0.39, 0.29) is 0 Å². The first-order valence-electron chi connectivity index (χ1n) is 33.8. The van der Waals surface area contributed by atoms with Gasteiger partial charge in [0.25, 0.3) is 0 Å². The Kier molecular flexibility index (Phi) is 47.4. The Labute approximate surface area is 607 Å². The van der Waals surface area contributed by atoms with E-state index in [1.807, 2.05) is 125 Å². The predicted octanol–water partition coefficient (Wildman–Crippen LogP) is 19.6. The van der Waals surface area contributed by atoms with E-state index >= 15 is 0 Å². The van der Waals surface area contributed by atoms with Crippen molar-refractivity contribution in [2.24, 2.45) is 7.05 Å². The molecule has 0 saturated carbocycles. The van der Waals surface area contributed by atoms with Gasteiger partial charge in [-0.1, -0.05) is 149 Å². The average Bonchev–Trinajstić information content (AvgIpc) is 1.86. The van der Waals surface area contributed by atoms with E-state index < -0.39 is 0 Å². The standard InChI is InChI=1S/C8H11N.C7H12N2.2C7H10N2.C6H10N2.C6H9NO.2C6H9NS.C5H9N3.2C5H8N2O.C5H8N2S/c1-7(2)8-3-5-9-6-4-8;1-6(2)7-4-8-9(3)5-7;1-6(2)7-3-4-8-5-9-7;1-6(2)7-3-4-8-9-5-7;1-6(2)8-4-3-7-5-8;1-5(2)6-3-4-7-8-6;1-5(2)6-3-7-4-8-6;1-5(2)6-3-4-7-8-6;1-5(2)8-4-6-3-7-8;1-4(2)5-7-6-3-8-5;2*1-4(2)5-6-3-7-8-5/h3-7H,1-2H3;4-6H,1-3H3;2*3-6H,1-2H3;3-6H,1-2H3;4*3-5H,1-2H3;3*3-4H,1-2H3. The van der Waals surface area contributed by atoms with E-state index in [4.69, 9.17) is 13.5 Å². The fourth-order valence-electron chi connectivity index (χ4n) is 6.69. The van der Waals surface area contributed by atoms with E-state index in [0.29, 0.717) is 83.0 Å². The Morgan fingerprint density at radius 1 is 0.410 bits per heavy atom. The number of thiazole rings is 1. The van der Waals surface area contributed by atoms with Crippen LogP contribution in [-0.4, -0.2) is 103 Å². The lowest BCUT2D eigenvalue weighted by Crippen LogP contribution is -1.99. The second-order valence-electron chi connectivity index (χ2n) is 25.7. The van der Waals surface area contributed by atoms with Gasteiger partial charge in [0.15, 0.2) is 6.33 Å². The lowest BCUT2D eigenvalue weighted by atomic mass is 10.1. The third-order valence-electron chi connectivity index (χ3n) is 13.0. The van der Waals surface area contributed by atoms with Crippen LogP contribution >= 0.6 is 34.4 Å². The second-order valence-corrected chi connectivity index (χ2v) is 28.3. The maximum Gasteiger partial charge on any atom is 0.228 e. The molecule has 0 aliphatic heterocycles. The molecular formula is C73H113N21O3S3. The average molecular weight is 1430 g/mol. The first-order valence-corrected chi connectivity index (χ1v) is 36.2. The Hall–Kier alpha value is -8.82. The largest absolute Gasteiger partial charge is 0.428 e. The molecule has 0 saturated heterocycles. The van der Waals surface area contributed by atoms with Crippen molar-refractivity contribution in [2.75, 3.05) is 0 Å². The van der Waals surface area contributed by atoms with Crippen LogP contribution in [0, 0.1) is 0 Å². The molecule has 100 heavy (non-hydrogen) atoms. The number of imidazole rings is 1. The molecule has 546 valence electrons. The first kappa shape index (κ1) is 89.2. The van der Waals surface area contributed by atoms with Gasteiger partial charge >= 0.3 is 0 Å². The third kappa shape index (κ3) is 42.2. The van der Waals surface area contributed by atoms with Crippen LogP contribution in [0.1, 0.15) is 292 Å². The molecule has 12 aromatic heterocycles. The van der Waals surface area contributed by atoms with Crippen molar-refractivity contribution in [3.63, 3.8) is 0 Å². The van der Waals surface area contributed by atoms with Crippen LogP contribution in [0.2, 0.25) is 0 Å². The van der Waals surface area contributed by atoms with Crippen LogP contribution in [0.4, 0.5) is 0 Å². The van der Waals surface area contributed by atoms with E-state index in [2.05, 4.69) is 239 Å². The summed E-state index contributed by atoms with van der Waals surface area (Å²) in [6.07, 6.45) is 33.1. The maximum absolute atomic E-state index is 4.87. The highest BCUT2D eigenvalue weighted by Crippen LogP contribution is 2.19. The monoisotopic (exact) mass is 1430 g/mol. The molecule has 12 rings (SSSR count). The van der Waals surface area contributed by atoms with Crippen molar-refractivity contribution in [1.29, 1.82) is 0 Å². The van der Waals surface area contributed by atoms with Crippen LogP contribution in [0.3, 0.4) is 0 Å². The van der Waals surface area contributed by atoms with Crippen LogP contribution in [-0.2, 0) is 7.05 Å². The summed E-state index contributed by atoms with van der Waals surface area (Å²) in [5, 5.41) is 30.8. The first-order chi connectivity index (χ1) is 47.5. The van der Waals surface area contributed by atoms with Gasteiger partial charge in [0.05, 0.1) is 30.4 Å². The Morgan fingerprint density at radius 3 is 1.35 bits per heavy atom. The lowest BCUT2D eigenvalue weighted by molar-refractivity contribution is 0.364. The summed E-state index contributed by atoms with van der Waals surface area (Å²) < 4.78 is 28.0. The smallest absolute Gasteiger partial charge is 0.228 e. The molecule has 0 N–H and O–H groups in total. The highest BCUT2D eigenvalue weighted by molar-refractivity contribution is 7.09. The second kappa shape index (κ2) is 53.1. The van der Waals surface area contributed by atoms with E-state index in [1.54, 1.807) is 83.8 Å². The number of hydrogen-bond acceptors (Lipinski definition) is 24. The van der Waals surface area contributed by atoms with Gasteiger partial charge in [-0.3, -0.25) is 19.3 Å². The molecule has 0 aliphatic rings. The highest BCUT2D eigenvalue weighted by Gasteiger charge is 2.05. The van der Waals surface area contributed by atoms with Crippen molar-refractivity contribution in [3.05, 3.63) is 215 Å². The van der Waals surface area contributed by atoms with E-state index in [0.717, 1.165) is 16.5 Å². The number of aromatic nitrogens is 21. The molecule has 0 aromatic carbocycles. The summed E-state index contributed by atoms with van der Waals surface area (Å²) in [6.45, 7) is 50.6. The minimum Gasteiger partial charge on any atom is -0.428 e. The minimum absolute atomic E-state index is 0.345. The molecule has 12 heterocycles. The zero-order valence-electron chi connectivity index (χ0n) is 63.8. The Morgan fingerprint density at radius 2 is 1.08 bits per heavy atom. The van der Waals surface area contributed by atoms with Crippen molar-refractivity contribution in [2.45, 2.75) is 237 Å². The van der Waals surface area contributed by atoms with Gasteiger partial charge in [0, 0.05) is 120 Å². The molecule has 0 atom stereocenters. The zero-order chi connectivity index (χ0) is 74.8. The van der Waals surface area contributed by atoms with Crippen LogP contribution in [0.5, 0.6) is 0 Å². The molecule has 0 unspecified atom stereocenters. The normalized spacial score (nSPS) is 10.3. The topological polar surface area (TPSA) is 286 Å². The van der Waals surface area contributed by atoms with Gasteiger partial charge in [-0.05, 0) is 133 Å². The minimum atomic E-state index is 0.345. The van der Waals surface area contributed by atoms with E-state index in [1.165, 1.54) is 50.7 Å². The molecular weight excluding hydrogens is 1320 g/mol. The van der Waals surface area contributed by atoms with Crippen LogP contribution < -0.4 is 0 Å². The number of rotatable bonds is 12. The van der Waals surface area contributed by atoms with Gasteiger partial charge in [-0.2, -0.15) is 29.8 Å². The fraction of sp³-hybridized carbons (Fsp3) is 0.507. The molecule has 0 radical (unpaired) electrons. The summed E-state index contributed by atoms with van der Waals surface area (Å²) >= 11 is 4.77. The molecule has 12 aromatic rings. The summed E-state index contributed by atoms with van der Waals surface area (Å²) in [6, 6.07) is 12.9. The highest BCUT2D eigenvalue weighted by atomic mass is 32.1. The lowest BCUT2D eigenvalue weighted by Gasteiger charge is -2.02. The SMILES string of the molecule is CC(C)c1ccncc1.CC(C)c1ccncn1.CC(C)c1ccnnc1.CC(C)c1ccno1.CC(C)c1ccns1.CC(C)c1cncs1.CC(C)c1cnn(C)c1.CC(C)c1ncno1.CC(C)c1ncns1.CC(C)c1nnco1.CC(C)n1ccnc1.CC(C)n1cncn1. The maximum atomic E-state index is 4.87. The molecule has 0 fully saturated rings. The van der Waals surface area contributed by atoms with Crippen molar-refractivity contribution < 1.29 is 13.5 Å². The summed E-state index contributed by atoms with van der Waals surface area (Å²) in [7, 11) is 1.94. The van der Waals surface area contributed by atoms with Gasteiger partial charge in [-0.15, -0.1) is 21.5 Å². The van der Waals surface area contributed by atoms with Gasteiger partial charge in [0.1, 0.15) is 36.1 Å².